The average Bonchev–Trinajstić information content (AvgIpc) is 2.78. The van der Waals surface area contributed by atoms with E-state index in [9.17, 15) is 9.59 Å². The molecule has 4 rings (SSSR count). The molecule has 6 nitrogen and oxygen atoms in total. The van der Waals surface area contributed by atoms with Crippen molar-refractivity contribution < 1.29 is 9.53 Å². The number of carbonyl (C=O) groups is 1. The number of carbonyl (C=O) groups excluding carboxylic acids is 1. The maximum absolute atomic E-state index is 12.7. The molecule has 0 bridgehead atoms. The molecule has 0 atom stereocenters. The monoisotopic (exact) mass is 389 g/mol. The number of hydrogen-bond donors (Lipinski definition) is 2. The van der Waals surface area contributed by atoms with Crippen molar-refractivity contribution in [3.05, 3.63) is 81.5 Å². The van der Waals surface area contributed by atoms with E-state index >= 15 is 0 Å². The molecule has 0 unspecified atom stereocenters. The van der Waals surface area contributed by atoms with Gasteiger partial charge in [0.05, 0.1) is 12.7 Å². The number of methoxy groups -OCH3 is 1. The number of rotatable bonds is 5. The van der Waals surface area contributed by atoms with Gasteiger partial charge in [0.2, 0.25) is 0 Å². The molecule has 0 saturated carbocycles. The molecule has 1 aliphatic carbocycles. The van der Waals surface area contributed by atoms with Gasteiger partial charge in [0.1, 0.15) is 5.75 Å². The number of H-pyrrole nitrogens is 1. The molecule has 148 valence electrons. The van der Waals surface area contributed by atoms with E-state index < -0.39 is 0 Å². The van der Waals surface area contributed by atoms with Gasteiger partial charge in [-0.25, -0.2) is 0 Å². The molecule has 1 amide bonds. The summed E-state index contributed by atoms with van der Waals surface area (Å²) >= 11 is 0. The maximum atomic E-state index is 12.7. The van der Waals surface area contributed by atoms with Crippen LogP contribution >= 0.6 is 0 Å². The number of nitrogens with zero attached hydrogens (tertiary/aromatic N) is 1. The topological polar surface area (TPSA) is 84.1 Å². The van der Waals surface area contributed by atoms with Crippen LogP contribution in [0.4, 0.5) is 0 Å². The molecule has 1 aliphatic rings. The van der Waals surface area contributed by atoms with Crippen LogP contribution in [0.2, 0.25) is 0 Å². The first kappa shape index (κ1) is 18.9. The van der Waals surface area contributed by atoms with Crippen LogP contribution in [0, 0.1) is 0 Å². The van der Waals surface area contributed by atoms with Gasteiger partial charge in [-0.05, 0) is 43.4 Å². The highest BCUT2D eigenvalue weighted by atomic mass is 16.5. The Bertz CT molecular complexity index is 1100. The highest BCUT2D eigenvalue weighted by Crippen LogP contribution is 2.29. The van der Waals surface area contributed by atoms with E-state index in [1.165, 1.54) is 0 Å². The molecule has 2 heterocycles. The summed E-state index contributed by atoms with van der Waals surface area (Å²) in [6, 6.07) is 9.41. The summed E-state index contributed by atoms with van der Waals surface area (Å²) in [7, 11) is 1.61. The van der Waals surface area contributed by atoms with Crippen molar-refractivity contribution in [3.8, 4) is 16.9 Å². The van der Waals surface area contributed by atoms with E-state index in [2.05, 4.69) is 15.3 Å². The van der Waals surface area contributed by atoms with Gasteiger partial charge < -0.3 is 15.0 Å². The Balaban J connectivity index is 1.58. The number of ether oxygens (including phenoxy) is 1. The van der Waals surface area contributed by atoms with Gasteiger partial charge >= 0.3 is 0 Å². The van der Waals surface area contributed by atoms with Crippen LogP contribution in [0.3, 0.4) is 0 Å². The maximum Gasteiger partial charge on any atom is 0.253 e. The number of benzene rings is 1. The van der Waals surface area contributed by atoms with Gasteiger partial charge in [0, 0.05) is 47.4 Å². The third-order valence-electron chi connectivity index (χ3n) is 5.36. The number of amides is 1. The van der Waals surface area contributed by atoms with Gasteiger partial charge in [0.25, 0.3) is 11.5 Å². The molecular formula is C23H23N3O3. The summed E-state index contributed by atoms with van der Waals surface area (Å²) in [5.41, 5.74) is 5.10. The van der Waals surface area contributed by atoms with Crippen molar-refractivity contribution >= 4 is 5.91 Å². The molecule has 29 heavy (non-hydrogen) atoms. The van der Waals surface area contributed by atoms with Crippen LogP contribution in [0.5, 0.6) is 5.75 Å². The molecule has 2 aromatic heterocycles. The van der Waals surface area contributed by atoms with Crippen LogP contribution in [-0.4, -0.2) is 23.0 Å². The number of para-hydroxylation sites is 1. The first-order valence-electron chi connectivity index (χ1n) is 9.76. The Hall–Kier alpha value is -3.41. The zero-order chi connectivity index (χ0) is 20.2. The first-order valence-corrected chi connectivity index (χ1v) is 9.76. The van der Waals surface area contributed by atoms with Gasteiger partial charge in [-0.2, -0.15) is 0 Å². The van der Waals surface area contributed by atoms with E-state index in [1.54, 1.807) is 25.7 Å². The molecule has 0 aliphatic heterocycles. The smallest absolute Gasteiger partial charge is 0.253 e. The molecule has 2 N–H and O–H groups in total. The van der Waals surface area contributed by atoms with Crippen molar-refractivity contribution in [2.75, 3.05) is 7.11 Å². The van der Waals surface area contributed by atoms with E-state index in [0.29, 0.717) is 12.1 Å². The van der Waals surface area contributed by atoms with Gasteiger partial charge in [-0.15, -0.1) is 0 Å². The highest BCUT2D eigenvalue weighted by Gasteiger charge is 2.18. The van der Waals surface area contributed by atoms with E-state index in [-0.39, 0.29) is 11.5 Å². The predicted octanol–water partition coefficient (Wildman–Crippen LogP) is 3.25. The number of aromatic amines is 1. The van der Waals surface area contributed by atoms with E-state index in [1.807, 2.05) is 30.3 Å². The fourth-order valence-electron chi connectivity index (χ4n) is 3.86. The van der Waals surface area contributed by atoms with Gasteiger partial charge in [-0.3, -0.25) is 14.6 Å². The lowest BCUT2D eigenvalue weighted by Crippen LogP contribution is -2.23. The van der Waals surface area contributed by atoms with Crippen molar-refractivity contribution in [1.82, 2.24) is 15.3 Å². The Kier molecular flexibility index (Phi) is 5.42. The minimum atomic E-state index is -0.205. The lowest BCUT2D eigenvalue weighted by atomic mass is 9.88. The Labute approximate surface area is 169 Å². The standard InChI is InChI=1S/C23H23N3O3/c1-29-21-9-5-2-6-15(21)13-25-22(27)17-10-16(11-24-12-17)20-14-26-23(28)19-8-4-3-7-18(19)20/h2,5-6,9-12,14H,3-4,7-8,13H2,1H3,(H,25,27)(H,26,28). The minimum Gasteiger partial charge on any atom is -0.496 e. The van der Waals surface area contributed by atoms with Gasteiger partial charge in [0.15, 0.2) is 0 Å². The quantitative estimate of drug-likeness (QED) is 0.702. The summed E-state index contributed by atoms with van der Waals surface area (Å²) in [4.78, 5) is 31.9. The number of pyridine rings is 2. The fraction of sp³-hybridized carbons (Fsp3) is 0.261. The van der Waals surface area contributed by atoms with Gasteiger partial charge in [-0.1, -0.05) is 18.2 Å². The molecule has 0 spiro atoms. The normalized spacial score (nSPS) is 12.9. The Morgan fingerprint density at radius 2 is 1.97 bits per heavy atom. The summed E-state index contributed by atoms with van der Waals surface area (Å²) in [5.74, 6) is 0.531. The molecule has 6 heteroatoms. The van der Waals surface area contributed by atoms with Crippen molar-refractivity contribution in [1.29, 1.82) is 0 Å². The first-order chi connectivity index (χ1) is 14.2. The SMILES string of the molecule is COc1ccccc1CNC(=O)c1cncc(-c2c[nH]c(=O)c3c2CCCC3)c1. The van der Waals surface area contributed by atoms with Crippen LogP contribution < -0.4 is 15.6 Å². The second kappa shape index (κ2) is 8.31. The van der Waals surface area contributed by atoms with Crippen molar-refractivity contribution in [3.63, 3.8) is 0 Å². The Morgan fingerprint density at radius 1 is 1.17 bits per heavy atom. The fourth-order valence-corrected chi connectivity index (χ4v) is 3.86. The minimum absolute atomic E-state index is 0.0119. The summed E-state index contributed by atoms with van der Waals surface area (Å²) in [5, 5.41) is 2.92. The number of aromatic nitrogens is 2. The Morgan fingerprint density at radius 3 is 2.79 bits per heavy atom. The summed E-state index contributed by atoms with van der Waals surface area (Å²) in [6.45, 7) is 0.362. The lowest BCUT2D eigenvalue weighted by Gasteiger charge is -2.18. The van der Waals surface area contributed by atoms with Crippen LogP contribution in [0.15, 0.2) is 53.7 Å². The molecule has 1 aromatic carbocycles. The molecule has 0 saturated heterocycles. The largest absolute Gasteiger partial charge is 0.496 e. The average molecular weight is 389 g/mol. The third-order valence-corrected chi connectivity index (χ3v) is 5.36. The highest BCUT2D eigenvalue weighted by molar-refractivity contribution is 5.95. The molecule has 0 radical (unpaired) electrons. The zero-order valence-electron chi connectivity index (χ0n) is 16.3. The number of hydrogen-bond acceptors (Lipinski definition) is 4. The molecule has 0 fully saturated rings. The van der Waals surface area contributed by atoms with E-state index in [0.717, 1.165) is 59.3 Å². The third kappa shape index (κ3) is 3.92. The second-order valence-corrected chi connectivity index (χ2v) is 7.15. The number of fused-ring (bicyclic) bond motifs is 1. The van der Waals surface area contributed by atoms with Crippen LogP contribution in [-0.2, 0) is 19.4 Å². The summed E-state index contributed by atoms with van der Waals surface area (Å²) < 4.78 is 5.33. The zero-order valence-corrected chi connectivity index (χ0v) is 16.3. The summed E-state index contributed by atoms with van der Waals surface area (Å²) in [6.07, 6.45) is 8.79. The van der Waals surface area contributed by atoms with Crippen LogP contribution in [0.25, 0.3) is 11.1 Å². The predicted molar refractivity (Wildman–Crippen MR) is 111 cm³/mol. The molecule has 3 aromatic rings. The molecular weight excluding hydrogens is 366 g/mol. The number of nitrogens with one attached hydrogen (secondary N) is 2. The van der Waals surface area contributed by atoms with Crippen LogP contribution in [0.1, 0.15) is 39.9 Å². The van der Waals surface area contributed by atoms with Crippen molar-refractivity contribution in [2.24, 2.45) is 0 Å². The van der Waals surface area contributed by atoms with E-state index in [4.69, 9.17) is 4.74 Å². The lowest BCUT2D eigenvalue weighted by molar-refractivity contribution is 0.0950. The second-order valence-electron chi connectivity index (χ2n) is 7.15. The van der Waals surface area contributed by atoms with Crippen molar-refractivity contribution in [2.45, 2.75) is 32.2 Å².